The molecule has 2 aromatic carbocycles. The maximum atomic E-state index is 11.8. The van der Waals surface area contributed by atoms with Crippen molar-refractivity contribution in [2.75, 3.05) is 11.9 Å². The number of nitro groups is 1. The number of ether oxygens (including phenoxy) is 1. The third-order valence-electron chi connectivity index (χ3n) is 2.78. The molecule has 0 radical (unpaired) electrons. The summed E-state index contributed by atoms with van der Waals surface area (Å²) in [7, 11) is 0. The first-order valence-corrected chi connectivity index (χ1v) is 7.88. The molecule has 0 aliphatic rings. The lowest BCUT2D eigenvalue weighted by Gasteiger charge is -2.11. The van der Waals surface area contributed by atoms with Crippen molar-refractivity contribution in [1.29, 1.82) is 0 Å². The number of nitro benzene ring substituents is 1. The fourth-order valence-corrected chi connectivity index (χ4v) is 2.39. The van der Waals surface area contributed by atoms with Crippen molar-refractivity contribution >= 4 is 50.5 Å². The minimum Gasteiger partial charge on any atom is -0.484 e. The van der Waals surface area contributed by atoms with Crippen LogP contribution in [0.5, 0.6) is 5.75 Å². The highest BCUT2D eigenvalue weighted by atomic mass is 79.9. The summed E-state index contributed by atoms with van der Waals surface area (Å²) in [5.41, 5.74) is 0.438. The van der Waals surface area contributed by atoms with Gasteiger partial charge < -0.3 is 10.1 Å². The number of halogens is 1. The van der Waals surface area contributed by atoms with Crippen molar-refractivity contribution < 1.29 is 14.5 Å². The van der Waals surface area contributed by atoms with Gasteiger partial charge in [0.15, 0.2) is 11.7 Å². The van der Waals surface area contributed by atoms with Crippen LogP contribution >= 0.6 is 28.1 Å². The lowest BCUT2D eigenvalue weighted by molar-refractivity contribution is -0.384. The van der Waals surface area contributed by atoms with E-state index in [1.807, 2.05) is 6.07 Å². The number of nitrogens with one attached hydrogen (secondary N) is 2. The monoisotopic (exact) mass is 409 g/mol. The second kappa shape index (κ2) is 8.37. The summed E-state index contributed by atoms with van der Waals surface area (Å²) in [5, 5.41) is 16.0. The number of hydrogen-bond donors (Lipinski definition) is 2. The highest BCUT2D eigenvalue weighted by Crippen LogP contribution is 2.26. The molecule has 0 atom stereocenters. The third kappa shape index (κ3) is 5.28. The van der Waals surface area contributed by atoms with Gasteiger partial charge in [0, 0.05) is 16.6 Å². The molecule has 0 bridgehead atoms. The van der Waals surface area contributed by atoms with Crippen molar-refractivity contribution in [3.8, 4) is 5.75 Å². The van der Waals surface area contributed by atoms with Gasteiger partial charge in [0.05, 0.1) is 10.6 Å². The number of benzene rings is 2. The Morgan fingerprint density at radius 2 is 1.96 bits per heavy atom. The summed E-state index contributed by atoms with van der Waals surface area (Å²) in [6.07, 6.45) is 0. The fraction of sp³-hybridized carbons (Fsp3) is 0.0667. The number of carbonyl (C=O) groups excluding carboxylic acids is 1. The summed E-state index contributed by atoms with van der Waals surface area (Å²) in [6.45, 7) is -0.187. The highest BCUT2D eigenvalue weighted by molar-refractivity contribution is 9.10. The van der Waals surface area contributed by atoms with E-state index in [2.05, 4.69) is 26.6 Å². The van der Waals surface area contributed by atoms with Gasteiger partial charge >= 0.3 is 0 Å². The van der Waals surface area contributed by atoms with Gasteiger partial charge in [0.2, 0.25) is 0 Å². The van der Waals surface area contributed by atoms with E-state index in [1.54, 1.807) is 24.3 Å². The predicted molar refractivity (Wildman–Crippen MR) is 97.1 cm³/mol. The molecule has 2 rings (SSSR count). The van der Waals surface area contributed by atoms with Gasteiger partial charge in [-0.1, -0.05) is 18.2 Å². The van der Waals surface area contributed by atoms with Crippen LogP contribution in [0.4, 0.5) is 11.4 Å². The topological polar surface area (TPSA) is 93.5 Å². The Morgan fingerprint density at radius 3 is 2.58 bits per heavy atom. The largest absolute Gasteiger partial charge is 0.484 e. The number of amides is 1. The average molecular weight is 410 g/mol. The van der Waals surface area contributed by atoms with Crippen LogP contribution in [0.25, 0.3) is 0 Å². The van der Waals surface area contributed by atoms with E-state index < -0.39 is 10.8 Å². The van der Waals surface area contributed by atoms with Gasteiger partial charge in [-0.3, -0.25) is 20.2 Å². The normalized spacial score (nSPS) is 9.88. The molecule has 2 aromatic rings. The van der Waals surface area contributed by atoms with Gasteiger partial charge in [0.25, 0.3) is 11.6 Å². The molecule has 0 aliphatic carbocycles. The maximum absolute atomic E-state index is 11.8. The average Bonchev–Trinajstić information content (AvgIpc) is 2.55. The van der Waals surface area contributed by atoms with Crippen LogP contribution in [-0.4, -0.2) is 22.5 Å². The number of rotatable bonds is 5. The molecule has 24 heavy (non-hydrogen) atoms. The Kier molecular flexibility index (Phi) is 6.21. The van der Waals surface area contributed by atoms with Crippen molar-refractivity contribution in [2.24, 2.45) is 0 Å². The van der Waals surface area contributed by atoms with Crippen LogP contribution in [0.3, 0.4) is 0 Å². The zero-order valence-corrected chi connectivity index (χ0v) is 14.6. The number of thiocarbonyl (C=S) groups is 1. The molecule has 0 spiro atoms. The van der Waals surface area contributed by atoms with Crippen LogP contribution < -0.4 is 15.4 Å². The van der Waals surface area contributed by atoms with Gasteiger partial charge in [0.1, 0.15) is 5.75 Å². The van der Waals surface area contributed by atoms with Crippen molar-refractivity contribution in [3.63, 3.8) is 0 Å². The molecular formula is C15H12BrN3O4S. The fourth-order valence-electron chi connectivity index (χ4n) is 1.70. The van der Waals surface area contributed by atoms with Crippen molar-refractivity contribution in [3.05, 3.63) is 63.1 Å². The predicted octanol–water partition coefficient (Wildman–Crippen LogP) is 3.25. The van der Waals surface area contributed by atoms with Crippen molar-refractivity contribution in [1.82, 2.24) is 5.32 Å². The SMILES string of the molecule is O=C(COc1ccccc1)NC(=S)Nc1ccc([N+](=O)[O-])cc1Br. The molecular weight excluding hydrogens is 398 g/mol. The molecule has 0 heterocycles. The molecule has 0 aliphatic heterocycles. The lowest BCUT2D eigenvalue weighted by atomic mass is 10.3. The number of anilines is 1. The molecule has 0 saturated heterocycles. The first-order valence-electron chi connectivity index (χ1n) is 6.68. The second-order valence-electron chi connectivity index (χ2n) is 4.53. The Balaban J connectivity index is 1.86. The van der Waals surface area contributed by atoms with E-state index >= 15 is 0 Å². The summed E-state index contributed by atoms with van der Waals surface area (Å²) in [6, 6.07) is 13.1. The van der Waals surface area contributed by atoms with Crippen LogP contribution in [0.15, 0.2) is 53.0 Å². The molecule has 2 N–H and O–H groups in total. The van der Waals surface area contributed by atoms with E-state index in [0.29, 0.717) is 15.9 Å². The van der Waals surface area contributed by atoms with E-state index in [9.17, 15) is 14.9 Å². The zero-order valence-electron chi connectivity index (χ0n) is 12.2. The number of para-hydroxylation sites is 1. The Labute approximate surface area is 151 Å². The molecule has 7 nitrogen and oxygen atoms in total. The first kappa shape index (κ1) is 17.8. The standard InChI is InChI=1S/C15H12BrN3O4S/c16-12-8-10(19(21)22)6-7-13(12)17-15(24)18-14(20)9-23-11-4-2-1-3-5-11/h1-8H,9H2,(H2,17,18,20,24). The van der Waals surface area contributed by atoms with E-state index in [4.69, 9.17) is 17.0 Å². The van der Waals surface area contributed by atoms with Crippen LogP contribution in [0.1, 0.15) is 0 Å². The summed E-state index contributed by atoms with van der Waals surface area (Å²) >= 11 is 8.24. The molecule has 0 unspecified atom stereocenters. The number of hydrogen-bond acceptors (Lipinski definition) is 5. The van der Waals surface area contributed by atoms with E-state index in [1.165, 1.54) is 18.2 Å². The highest BCUT2D eigenvalue weighted by Gasteiger charge is 2.11. The van der Waals surface area contributed by atoms with Crippen LogP contribution in [0, 0.1) is 10.1 Å². The van der Waals surface area contributed by atoms with E-state index in [-0.39, 0.29) is 17.4 Å². The summed E-state index contributed by atoms with van der Waals surface area (Å²) < 4.78 is 5.75. The third-order valence-corrected chi connectivity index (χ3v) is 3.64. The van der Waals surface area contributed by atoms with Gasteiger partial charge in [-0.25, -0.2) is 0 Å². The molecule has 124 valence electrons. The minimum absolute atomic E-state index is 0.0568. The van der Waals surface area contributed by atoms with E-state index in [0.717, 1.165) is 0 Å². The maximum Gasteiger partial charge on any atom is 0.270 e. The second-order valence-corrected chi connectivity index (χ2v) is 5.79. The summed E-state index contributed by atoms with van der Waals surface area (Å²) in [4.78, 5) is 22.0. The molecule has 0 aromatic heterocycles. The Hall–Kier alpha value is -2.52. The van der Waals surface area contributed by atoms with Crippen LogP contribution in [0.2, 0.25) is 0 Å². The van der Waals surface area contributed by atoms with Gasteiger partial charge in [-0.2, -0.15) is 0 Å². The quantitative estimate of drug-likeness (QED) is 0.447. The smallest absolute Gasteiger partial charge is 0.270 e. The van der Waals surface area contributed by atoms with Crippen molar-refractivity contribution in [2.45, 2.75) is 0 Å². The van der Waals surface area contributed by atoms with Gasteiger partial charge in [-0.15, -0.1) is 0 Å². The zero-order chi connectivity index (χ0) is 17.5. The molecule has 9 heteroatoms. The van der Waals surface area contributed by atoms with Gasteiger partial charge in [-0.05, 0) is 46.3 Å². The Bertz CT molecular complexity index is 771. The number of nitrogens with zero attached hydrogens (tertiary/aromatic N) is 1. The minimum atomic E-state index is -0.504. The number of carbonyl (C=O) groups is 1. The molecule has 1 amide bonds. The molecule has 0 saturated carbocycles. The first-order chi connectivity index (χ1) is 11.5. The van der Waals surface area contributed by atoms with Crippen LogP contribution in [-0.2, 0) is 4.79 Å². The number of non-ortho nitro benzene ring substituents is 1. The molecule has 0 fully saturated rings. The summed E-state index contributed by atoms with van der Waals surface area (Å²) in [5.74, 6) is 0.152. The lowest BCUT2D eigenvalue weighted by Crippen LogP contribution is -2.37. The Morgan fingerprint density at radius 1 is 1.25 bits per heavy atom.